The Labute approximate surface area is 326 Å². The number of para-hydroxylation sites is 2. The van der Waals surface area contributed by atoms with E-state index in [2.05, 4.69) is 180 Å². The van der Waals surface area contributed by atoms with Crippen molar-refractivity contribution in [1.82, 2.24) is 9.80 Å². The van der Waals surface area contributed by atoms with Crippen LogP contribution in [0.5, 0.6) is 0 Å². The molecule has 2 aliphatic heterocycles. The van der Waals surface area contributed by atoms with E-state index in [0.29, 0.717) is 38.0 Å². The molecular weight excluding hydrogens is 697 g/mol. The van der Waals surface area contributed by atoms with Crippen LogP contribution in [0.4, 0.5) is 11.4 Å². The third-order valence-corrected chi connectivity index (χ3v) is 11.0. The molecule has 7 aromatic rings. The summed E-state index contributed by atoms with van der Waals surface area (Å²) in [5.41, 5.74) is 8.80. The van der Waals surface area contributed by atoms with Gasteiger partial charge in [0, 0.05) is 37.3 Å². The van der Waals surface area contributed by atoms with Crippen molar-refractivity contribution in [2.45, 2.75) is 38.6 Å². The van der Waals surface area contributed by atoms with Gasteiger partial charge in [0.2, 0.25) is 11.8 Å². The van der Waals surface area contributed by atoms with Gasteiger partial charge in [0.05, 0.1) is 21.1 Å². The van der Waals surface area contributed by atoms with E-state index in [-0.39, 0.29) is 12.5 Å². The molecular formula is C48H40N4O2S. The van der Waals surface area contributed by atoms with E-state index in [0.717, 1.165) is 32.3 Å². The van der Waals surface area contributed by atoms with Crippen molar-refractivity contribution < 1.29 is 9.47 Å². The molecule has 2 unspecified atom stereocenters. The van der Waals surface area contributed by atoms with Crippen LogP contribution in [0.1, 0.15) is 55.6 Å². The molecule has 0 N–H and O–H groups in total. The number of thiophene rings is 1. The predicted octanol–water partition coefficient (Wildman–Crippen LogP) is 11.4. The predicted molar refractivity (Wildman–Crippen MR) is 222 cm³/mol. The van der Waals surface area contributed by atoms with Crippen LogP contribution >= 0.6 is 11.3 Å². The fraction of sp³-hybridized carbons (Fsp3) is 0.125. The zero-order valence-electron chi connectivity index (χ0n) is 30.3. The molecule has 0 amide bonds. The van der Waals surface area contributed by atoms with Crippen LogP contribution in [0.3, 0.4) is 0 Å². The van der Waals surface area contributed by atoms with E-state index in [1.807, 2.05) is 12.1 Å². The van der Waals surface area contributed by atoms with Crippen molar-refractivity contribution in [2.24, 2.45) is 9.98 Å². The van der Waals surface area contributed by atoms with Gasteiger partial charge in [-0.05, 0) is 46.5 Å². The summed E-state index contributed by atoms with van der Waals surface area (Å²) in [6.45, 7) is 2.86. The summed E-state index contributed by atoms with van der Waals surface area (Å²) >= 11 is 1.59. The van der Waals surface area contributed by atoms with Gasteiger partial charge >= 0.3 is 0 Å². The van der Waals surface area contributed by atoms with Crippen LogP contribution < -0.4 is 0 Å². The zero-order valence-corrected chi connectivity index (χ0v) is 31.1. The van der Waals surface area contributed by atoms with Gasteiger partial charge in [-0.15, -0.1) is 11.3 Å². The van der Waals surface area contributed by atoms with Crippen LogP contribution in [0.2, 0.25) is 0 Å². The van der Waals surface area contributed by atoms with E-state index in [4.69, 9.17) is 19.5 Å². The average Bonchev–Trinajstić information content (AvgIpc) is 3.75. The van der Waals surface area contributed by atoms with Crippen LogP contribution in [0.15, 0.2) is 192 Å². The second-order valence-corrected chi connectivity index (χ2v) is 14.9. The molecule has 9 rings (SSSR count). The van der Waals surface area contributed by atoms with Gasteiger partial charge in [-0.3, -0.25) is 9.80 Å². The van der Waals surface area contributed by atoms with Gasteiger partial charge < -0.3 is 9.47 Å². The fourth-order valence-corrected chi connectivity index (χ4v) is 8.13. The number of nitrogens with zero attached hydrogens (tertiary/aromatic N) is 4. The maximum Gasteiger partial charge on any atom is 0.233 e. The van der Waals surface area contributed by atoms with Crippen molar-refractivity contribution in [1.29, 1.82) is 0 Å². The van der Waals surface area contributed by atoms with Crippen LogP contribution in [-0.4, -0.2) is 21.6 Å². The SMILES string of the molecule is c1ccc(CN(Cc2ccccc2)C2OC(c3ccc(C4=Nc5ccccc5C(N(Cc5ccccc5)Cc5ccccc5)O4)s3)=Nc3ccccc32)cc1. The highest BCUT2D eigenvalue weighted by molar-refractivity contribution is 7.16. The van der Waals surface area contributed by atoms with Gasteiger partial charge in [0.1, 0.15) is 0 Å². The minimum Gasteiger partial charge on any atom is -0.453 e. The van der Waals surface area contributed by atoms with Gasteiger partial charge in [0.25, 0.3) is 0 Å². The van der Waals surface area contributed by atoms with Gasteiger partial charge in [0.15, 0.2) is 12.5 Å². The largest absolute Gasteiger partial charge is 0.453 e. The van der Waals surface area contributed by atoms with E-state index in [9.17, 15) is 0 Å². The second-order valence-electron chi connectivity index (χ2n) is 13.8. The highest BCUT2D eigenvalue weighted by atomic mass is 32.1. The van der Waals surface area contributed by atoms with E-state index >= 15 is 0 Å². The molecule has 0 radical (unpaired) electrons. The Hall–Kier alpha value is -6.12. The molecule has 0 bridgehead atoms. The zero-order chi connectivity index (χ0) is 36.8. The quantitative estimate of drug-likeness (QED) is 0.125. The number of aliphatic imine (C=N–C) groups is 2. The first-order chi connectivity index (χ1) is 27.2. The lowest BCUT2D eigenvalue weighted by molar-refractivity contribution is -0.000613. The minimum atomic E-state index is -0.348. The van der Waals surface area contributed by atoms with Crippen molar-refractivity contribution in [3.05, 3.63) is 225 Å². The lowest BCUT2D eigenvalue weighted by Crippen LogP contribution is -2.33. The second kappa shape index (κ2) is 16.1. The third-order valence-electron chi connectivity index (χ3n) is 9.90. The molecule has 0 saturated heterocycles. The number of ether oxygens (including phenoxy) is 2. The van der Waals surface area contributed by atoms with Crippen molar-refractivity contribution in [2.75, 3.05) is 0 Å². The Morgan fingerprint density at radius 2 is 0.691 bits per heavy atom. The summed E-state index contributed by atoms with van der Waals surface area (Å²) in [5.74, 6) is 1.18. The van der Waals surface area contributed by atoms with Gasteiger partial charge in [-0.25, -0.2) is 9.98 Å². The normalized spacial score (nSPS) is 16.0. The monoisotopic (exact) mass is 736 g/mol. The van der Waals surface area contributed by atoms with E-state index in [1.165, 1.54) is 22.3 Å². The molecule has 55 heavy (non-hydrogen) atoms. The van der Waals surface area contributed by atoms with Crippen molar-refractivity contribution in [3.63, 3.8) is 0 Å². The highest BCUT2D eigenvalue weighted by Crippen LogP contribution is 2.41. The van der Waals surface area contributed by atoms with E-state index < -0.39 is 0 Å². The molecule has 6 nitrogen and oxygen atoms in total. The number of fused-ring (bicyclic) bond motifs is 2. The molecule has 0 spiro atoms. The smallest absolute Gasteiger partial charge is 0.233 e. The van der Waals surface area contributed by atoms with Gasteiger partial charge in [-0.2, -0.15) is 0 Å². The summed E-state index contributed by atoms with van der Waals surface area (Å²) in [6.07, 6.45) is -0.697. The first kappa shape index (κ1) is 34.6. The average molecular weight is 737 g/mol. The maximum absolute atomic E-state index is 6.95. The third kappa shape index (κ3) is 7.91. The molecule has 3 heterocycles. The van der Waals surface area contributed by atoms with Crippen LogP contribution in [0.25, 0.3) is 0 Å². The first-order valence-corrected chi connectivity index (χ1v) is 19.5. The molecule has 0 fully saturated rings. The molecule has 2 aliphatic rings. The lowest BCUT2D eigenvalue weighted by atomic mass is 10.1. The summed E-state index contributed by atoms with van der Waals surface area (Å²) < 4.78 is 13.9. The highest BCUT2D eigenvalue weighted by Gasteiger charge is 2.33. The summed E-state index contributed by atoms with van der Waals surface area (Å²) in [5, 5.41) is 0. The topological polar surface area (TPSA) is 49.7 Å². The Balaban J connectivity index is 1.04. The Morgan fingerprint density at radius 3 is 1.04 bits per heavy atom. The van der Waals surface area contributed by atoms with Crippen molar-refractivity contribution >= 4 is 34.5 Å². The minimum absolute atomic E-state index is 0.348. The van der Waals surface area contributed by atoms with E-state index in [1.54, 1.807) is 11.3 Å². The van der Waals surface area contributed by atoms with Crippen LogP contribution in [-0.2, 0) is 35.7 Å². The van der Waals surface area contributed by atoms with Gasteiger partial charge in [-0.1, -0.05) is 158 Å². The molecule has 270 valence electrons. The molecule has 0 saturated carbocycles. The summed E-state index contributed by atoms with van der Waals surface area (Å²) in [4.78, 5) is 16.8. The maximum atomic E-state index is 6.95. The Bertz CT molecular complexity index is 2160. The van der Waals surface area contributed by atoms with Crippen molar-refractivity contribution in [3.8, 4) is 0 Å². The number of benzene rings is 6. The summed E-state index contributed by atoms with van der Waals surface area (Å²) in [7, 11) is 0. The first-order valence-electron chi connectivity index (χ1n) is 18.7. The molecule has 7 heteroatoms. The number of rotatable bonds is 12. The number of hydrogen-bond donors (Lipinski definition) is 0. The standard InChI is InChI=1S/C48H40N4O2S/c1-5-17-35(18-6-1)31-51(32-36-19-7-2-8-20-36)47-39-25-13-15-27-41(39)49-45(53-47)43-29-30-44(55-43)46-50-42-28-16-14-26-40(42)48(54-46)52(33-37-21-9-3-10-22-37)34-38-23-11-4-12-24-38/h1-30,47-48H,31-34H2. The number of hydrogen-bond acceptors (Lipinski definition) is 7. The van der Waals surface area contributed by atoms with Crippen LogP contribution in [0, 0.1) is 0 Å². The molecule has 0 aliphatic carbocycles. The summed E-state index contributed by atoms with van der Waals surface area (Å²) in [6, 6.07) is 63.1. The Morgan fingerprint density at radius 1 is 0.382 bits per heavy atom. The molecule has 1 aromatic heterocycles. The lowest BCUT2D eigenvalue weighted by Gasteiger charge is -2.35. The Kier molecular flexibility index (Phi) is 10.1. The molecule has 2 atom stereocenters. The molecule has 6 aromatic carbocycles. The fourth-order valence-electron chi connectivity index (χ4n) is 7.26.